The van der Waals surface area contributed by atoms with Crippen molar-refractivity contribution in [2.75, 3.05) is 6.61 Å². The summed E-state index contributed by atoms with van der Waals surface area (Å²) in [5.74, 6) is 0.463. The molecule has 0 atom stereocenters. The largest absolute Gasteiger partial charge is 0.493 e. The fourth-order valence-corrected chi connectivity index (χ4v) is 2.36. The molecule has 0 saturated carbocycles. The fraction of sp³-hybridized carbons (Fsp3) is 0.556. The second-order valence-corrected chi connectivity index (χ2v) is 7.05. The Morgan fingerprint density at radius 2 is 1.96 bits per heavy atom. The molecule has 134 valence electrons. The minimum absolute atomic E-state index is 0.186. The molecule has 1 aromatic carbocycles. The molecule has 2 N–H and O–H groups in total. The van der Waals surface area contributed by atoms with Crippen LogP contribution in [-0.4, -0.2) is 18.4 Å². The van der Waals surface area contributed by atoms with E-state index in [2.05, 4.69) is 47.6 Å². The van der Waals surface area contributed by atoms with Crippen molar-refractivity contribution < 1.29 is 14.3 Å². The Morgan fingerprint density at radius 3 is 2.62 bits per heavy atom. The molecule has 2 amide bonds. The summed E-state index contributed by atoms with van der Waals surface area (Å²) < 4.78 is 6.49. The van der Waals surface area contributed by atoms with Crippen molar-refractivity contribution in [3.8, 4) is 5.75 Å². The number of ether oxygens (including phenoxy) is 1. The summed E-state index contributed by atoms with van der Waals surface area (Å²) in [6.07, 6.45) is 4.18. The molecule has 0 spiro atoms. The average Bonchev–Trinajstić information content (AvgIpc) is 2.54. The van der Waals surface area contributed by atoms with Crippen LogP contribution in [0.25, 0.3) is 0 Å². The minimum Gasteiger partial charge on any atom is -0.493 e. The average molecular weight is 399 g/mol. The molecule has 0 saturated heterocycles. The van der Waals surface area contributed by atoms with Gasteiger partial charge in [0.05, 0.1) is 12.2 Å². The van der Waals surface area contributed by atoms with Gasteiger partial charge in [0, 0.05) is 10.9 Å². The number of amides is 2. The summed E-state index contributed by atoms with van der Waals surface area (Å²) in [6, 6.07) is 5.26. The van der Waals surface area contributed by atoms with Gasteiger partial charge < -0.3 is 4.74 Å². The number of carbonyl (C=O) groups excluding carboxylic acids is 2. The summed E-state index contributed by atoms with van der Waals surface area (Å²) in [6.45, 7) is 6.86. The van der Waals surface area contributed by atoms with Crippen molar-refractivity contribution in [3.63, 3.8) is 0 Å². The lowest BCUT2D eigenvalue weighted by atomic mass is 10.1. The van der Waals surface area contributed by atoms with Gasteiger partial charge in [0.1, 0.15) is 5.75 Å². The van der Waals surface area contributed by atoms with Gasteiger partial charge in [0.2, 0.25) is 5.91 Å². The van der Waals surface area contributed by atoms with Gasteiger partial charge in [-0.3, -0.25) is 20.4 Å². The first kappa shape index (κ1) is 20.5. The number of rotatable bonds is 9. The van der Waals surface area contributed by atoms with Crippen LogP contribution in [0.2, 0.25) is 0 Å². The smallest absolute Gasteiger partial charge is 0.273 e. The van der Waals surface area contributed by atoms with Crippen molar-refractivity contribution in [1.29, 1.82) is 0 Å². The molecular weight excluding hydrogens is 372 g/mol. The van der Waals surface area contributed by atoms with Crippen molar-refractivity contribution in [3.05, 3.63) is 28.2 Å². The standard InChI is InChI=1S/C18H27BrN2O3/c1-4-5-6-7-17(22)20-21-18(23)15-12-14(19)8-9-16(15)24-11-10-13(2)3/h8-9,12-13H,4-7,10-11H2,1-3H3,(H,20,22)(H,21,23). The minimum atomic E-state index is -0.389. The number of hydrogen-bond donors (Lipinski definition) is 2. The molecule has 1 rings (SSSR count). The fourth-order valence-electron chi connectivity index (χ4n) is 2.00. The normalized spacial score (nSPS) is 10.5. The maximum atomic E-state index is 12.3. The number of hydrazine groups is 1. The lowest BCUT2D eigenvalue weighted by Gasteiger charge is -2.13. The number of benzene rings is 1. The molecule has 1 aromatic rings. The van der Waals surface area contributed by atoms with Crippen LogP contribution in [0, 0.1) is 5.92 Å². The second-order valence-electron chi connectivity index (χ2n) is 6.13. The molecular formula is C18H27BrN2O3. The number of unbranched alkanes of at least 4 members (excludes halogenated alkanes) is 2. The summed E-state index contributed by atoms with van der Waals surface area (Å²) in [4.78, 5) is 24.0. The Hall–Kier alpha value is -1.56. The Balaban J connectivity index is 2.61. The zero-order valence-electron chi connectivity index (χ0n) is 14.7. The molecule has 24 heavy (non-hydrogen) atoms. The predicted octanol–water partition coefficient (Wildman–Crippen LogP) is 4.22. The molecule has 0 unspecified atom stereocenters. The van der Waals surface area contributed by atoms with Crippen molar-refractivity contribution in [2.24, 2.45) is 5.92 Å². The summed E-state index contributed by atoms with van der Waals surface area (Å²) >= 11 is 3.36. The first-order chi connectivity index (χ1) is 11.4. The molecule has 0 aliphatic rings. The maximum Gasteiger partial charge on any atom is 0.273 e. The molecule has 0 radical (unpaired) electrons. The molecule has 0 bridgehead atoms. The third-order valence-electron chi connectivity index (χ3n) is 3.46. The van der Waals surface area contributed by atoms with Gasteiger partial charge in [0.25, 0.3) is 5.91 Å². The SMILES string of the molecule is CCCCCC(=O)NNC(=O)c1cc(Br)ccc1OCCC(C)C. The maximum absolute atomic E-state index is 12.3. The first-order valence-electron chi connectivity index (χ1n) is 8.45. The van der Waals surface area contributed by atoms with Gasteiger partial charge in [-0.2, -0.15) is 0 Å². The Morgan fingerprint density at radius 1 is 1.21 bits per heavy atom. The number of nitrogens with one attached hydrogen (secondary N) is 2. The van der Waals surface area contributed by atoms with Gasteiger partial charge in [-0.25, -0.2) is 0 Å². The van der Waals surface area contributed by atoms with E-state index in [0.29, 0.717) is 30.3 Å². The lowest BCUT2D eigenvalue weighted by molar-refractivity contribution is -0.121. The highest BCUT2D eigenvalue weighted by Gasteiger charge is 2.14. The monoisotopic (exact) mass is 398 g/mol. The quantitative estimate of drug-likeness (QED) is 0.483. The third-order valence-corrected chi connectivity index (χ3v) is 3.96. The van der Waals surface area contributed by atoms with E-state index >= 15 is 0 Å². The first-order valence-corrected chi connectivity index (χ1v) is 9.24. The van der Waals surface area contributed by atoms with Crippen molar-refractivity contribution >= 4 is 27.7 Å². The summed E-state index contributed by atoms with van der Waals surface area (Å²) in [5.41, 5.74) is 5.30. The van der Waals surface area contributed by atoms with Crippen molar-refractivity contribution in [1.82, 2.24) is 10.9 Å². The van der Waals surface area contributed by atoms with E-state index in [1.54, 1.807) is 12.1 Å². The Kier molecular flexibility index (Phi) is 9.45. The zero-order valence-corrected chi connectivity index (χ0v) is 16.2. The molecule has 0 heterocycles. The van der Waals surface area contributed by atoms with E-state index in [1.807, 2.05) is 6.07 Å². The van der Waals surface area contributed by atoms with Gasteiger partial charge in [-0.05, 0) is 37.0 Å². The number of hydrogen-bond acceptors (Lipinski definition) is 3. The summed E-state index contributed by atoms with van der Waals surface area (Å²) in [7, 11) is 0. The molecule has 0 fully saturated rings. The van der Waals surface area contributed by atoms with Gasteiger partial charge in [0.15, 0.2) is 0 Å². The van der Waals surface area contributed by atoms with E-state index in [-0.39, 0.29) is 11.8 Å². The van der Waals surface area contributed by atoms with E-state index in [0.717, 1.165) is 30.2 Å². The topological polar surface area (TPSA) is 67.4 Å². The molecule has 6 heteroatoms. The molecule has 0 aliphatic carbocycles. The number of halogens is 1. The van der Waals surface area contributed by atoms with Gasteiger partial charge >= 0.3 is 0 Å². The molecule has 0 aromatic heterocycles. The molecule has 0 aliphatic heterocycles. The highest BCUT2D eigenvalue weighted by atomic mass is 79.9. The van der Waals surface area contributed by atoms with Crippen LogP contribution in [0.15, 0.2) is 22.7 Å². The van der Waals surface area contributed by atoms with Crippen molar-refractivity contribution in [2.45, 2.75) is 52.9 Å². The van der Waals surface area contributed by atoms with E-state index in [4.69, 9.17) is 4.74 Å². The van der Waals surface area contributed by atoms with E-state index in [9.17, 15) is 9.59 Å². The van der Waals surface area contributed by atoms with Crippen LogP contribution in [0.1, 0.15) is 63.2 Å². The van der Waals surface area contributed by atoms with Crippen LogP contribution in [0.5, 0.6) is 5.75 Å². The third kappa shape index (κ3) is 7.81. The Labute approximate surface area is 152 Å². The summed E-state index contributed by atoms with van der Waals surface area (Å²) in [5, 5.41) is 0. The predicted molar refractivity (Wildman–Crippen MR) is 98.8 cm³/mol. The lowest BCUT2D eigenvalue weighted by Crippen LogP contribution is -2.41. The number of carbonyl (C=O) groups is 2. The van der Waals surface area contributed by atoms with E-state index < -0.39 is 0 Å². The van der Waals surface area contributed by atoms with Crippen LogP contribution >= 0.6 is 15.9 Å². The van der Waals surface area contributed by atoms with Crippen LogP contribution < -0.4 is 15.6 Å². The second kappa shape index (κ2) is 11.1. The Bertz CT molecular complexity index is 547. The highest BCUT2D eigenvalue weighted by molar-refractivity contribution is 9.10. The van der Waals surface area contributed by atoms with Crippen LogP contribution in [0.4, 0.5) is 0 Å². The van der Waals surface area contributed by atoms with Gasteiger partial charge in [-0.15, -0.1) is 0 Å². The van der Waals surface area contributed by atoms with Gasteiger partial charge in [-0.1, -0.05) is 49.5 Å². The van der Waals surface area contributed by atoms with Crippen LogP contribution in [-0.2, 0) is 4.79 Å². The van der Waals surface area contributed by atoms with Crippen LogP contribution in [0.3, 0.4) is 0 Å². The molecule has 5 nitrogen and oxygen atoms in total. The van der Waals surface area contributed by atoms with E-state index in [1.165, 1.54) is 0 Å². The zero-order chi connectivity index (χ0) is 17.9. The highest BCUT2D eigenvalue weighted by Crippen LogP contribution is 2.23.